The van der Waals surface area contributed by atoms with Crippen LogP contribution in [-0.2, 0) is 0 Å². The van der Waals surface area contributed by atoms with Crippen molar-refractivity contribution in [1.29, 1.82) is 0 Å². The maximum Gasteiger partial charge on any atom is 0.139 e. The van der Waals surface area contributed by atoms with Crippen molar-refractivity contribution in [3.8, 4) is 22.9 Å². The fourth-order valence-corrected chi connectivity index (χ4v) is 2.73. The number of nitrogens with two attached hydrogens (primary N) is 1. The number of anilines is 1. The third kappa shape index (κ3) is 3.08. The molecule has 2 N–H and O–H groups in total. The molecule has 3 rings (SSSR count). The molecule has 0 saturated heterocycles. The van der Waals surface area contributed by atoms with Crippen LogP contribution in [0.5, 0.6) is 11.5 Å². The van der Waals surface area contributed by atoms with Crippen molar-refractivity contribution < 1.29 is 9.47 Å². The van der Waals surface area contributed by atoms with E-state index in [0.717, 1.165) is 5.39 Å². The van der Waals surface area contributed by atoms with Gasteiger partial charge in [-0.25, -0.2) is 9.97 Å². The summed E-state index contributed by atoms with van der Waals surface area (Å²) in [7, 11) is 1.57. The molecule has 0 radical (unpaired) electrons. The summed E-state index contributed by atoms with van der Waals surface area (Å²) in [6.07, 6.45) is 0.0122. The maximum absolute atomic E-state index is 6.45. The Morgan fingerprint density at radius 3 is 2.50 bits per heavy atom. The highest BCUT2D eigenvalue weighted by atomic mass is 35.5. The zero-order valence-electron chi connectivity index (χ0n) is 13.7. The molecule has 0 atom stereocenters. The van der Waals surface area contributed by atoms with Crippen LogP contribution < -0.4 is 15.2 Å². The lowest BCUT2D eigenvalue weighted by Crippen LogP contribution is -2.07. The number of nitrogens with zero attached hydrogens (tertiary/aromatic N) is 2. The molecule has 0 amide bonds. The van der Waals surface area contributed by atoms with Gasteiger partial charge in [-0.15, -0.1) is 0 Å². The van der Waals surface area contributed by atoms with Crippen molar-refractivity contribution in [2.75, 3.05) is 12.8 Å². The summed E-state index contributed by atoms with van der Waals surface area (Å²) in [4.78, 5) is 8.98. The van der Waals surface area contributed by atoms with E-state index in [1.807, 2.05) is 38.1 Å². The molecule has 3 aromatic rings. The monoisotopic (exact) mass is 343 g/mol. The highest BCUT2D eigenvalue weighted by molar-refractivity contribution is 6.36. The molecule has 0 saturated carbocycles. The number of benzene rings is 1. The van der Waals surface area contributed by atoms with E-state index in [1.165, 1.54) is 0 Å². The Balaban J connectivity index is 2.29. The number of ether oxygens (including phenoxy) is 2. The van der Waals surface area contributed by atoms with Crippen LogP contribution in [0.25, 0.3) is 22.3 Å². The molecule has 0 aliphatic heterocycles. The molecular weight excluding hydrogens is 326 g/mol. The Morgan fingerprint density at radius 2 is 1.83 bits per heavy atom. The van der Waals surface area contributed by atoms with Crippen LogP contribution in [0, 0.1) is 0 Å². The fourth-order valence-electron chi connectivity index (χ4n) is 2.44. The van der Waals surface area contributed by atoms with Gasteiger partial charge in [0, 0.05) is 11.5 Å². The molecule has 0 aliphatic carbocycles. The molecule has 2 heterocycles. The standard InChI is InChI=1S/C18H18ClN3O2/c1-10(2)24-15-9-13(12-5-4-6-16(20)21-12)22-18-11(15)7-8-14(23-3)17(18)19/h4-10H,1-3H3,(H2,20,21). The largest absolute Gasteiger partial charge is 0.495 e. The van der Waals surface area contributed by atoms with Crippen LogP contribution in [0.1, 0.15) is 13.8 Å². The normalized spacial score (nSPS) is 11.0. The van der Waals surface area contributed by atoms with Crippen LogP contribution in [0.15, 0.2) is 36.4 Å². The minimum Gasteiger partial charge on any atom is -0.495 e. The number of aromatic nitrogens is 2. The van der Waals surface area contributed by atoms with E-state index in [4.69, 9.17) is 26.8 Å². The Labute approximate surface area is 145 Å². The summed E-state index contributed by atoms with van der Waals surface area (Å²) < 4.78 is 11.2. The van der Waals surface area contributed by atoms with Gasteiger partial charge in [-0.05, 0) is 38.1 Å². The summed E-state index contributed by atoms with van der Waals surface area (Å²) in [5.41, 5.74) is 7.69. The average Bonchev–Trinajstić information content (AvgIpc) is 2.55. The Hall–Kier alpha value is -2.53. The zero-order chi connectivity index (χ0) is 17.3. The quantitative estimate of drug-likeness (QED) is 0.763. The first-order valence-corrected chi connectivity index (χ1v) is 7.94. The lowest BCUT2D eigenvalue weighted by Gasteiger charge is -2.15. The Kier molecular flexibility index (Phi) is 4.44. The smallest absolute Gasteiger partial charge is 0.139 e. The topological polar surface area (TPSA) is 70.3 Å². The molecule has 0 fully saturated rings. The SMILES string of the molecule is COc1ccc2c(OC(C)C)cc(-c3cccc(N)n3)nc2c1Cl. The second-order valence-electron chi connectivity index (χ2n) is 5.60. The molecule has 24 heavy (non-hydrogen) atoms. The number of halogens is 1. The number of hydrogen-bond donors (Lipinski definition) is 1. The Morgan fingerprint density at radius 1 is 1.04 bits per heavy atom. The number of pyridine rings is 2. The first-order valence-electron chi connectivity index (χ1n) is 7.56. The van der Waals surface area contributed by atoms with Crippen molar-refractivity contribution in [2.24, 2.45) is 0 Å². The van der Waals surface area contributed by atoms with Crippen LogP contribution in [0.2, 0.25) is 5.02 Å². The van der Waals surface area contributed by atoms with E-state index < -0.39 is 0 Å². The van der Waals surface area contributed by atoms with Crippen molar-refractivity contribution in [3.05, 3.63) is 41.4 Å². The van der Waals surface area contributed by atoms with Crippen LogP contribution in [0.4, 0.5) is 5.82 Å². The molecular formula is C18H18ClN3O2. The highest BCUT2D eigenvalue weighted by Gasteiger charge is 2.15. The lowest BCUT2D eigenvalue weighted by molar-refractivity contribution is 0.245. The van der Waals surface area contributed by atoms with Gasteiger partial charge in [0.25, 0.3) is 0 Å². The molecule has 0 aliphatic rings. The molecule has 0 spiro atoms. The second kappa shape index (κ2) is 6.53. The van der Waals surface area contributed by atoms with Crippen LogP contribution in [-0.4, -0.2) is 23.2 Å². The highest BCUT2D eigenvalue weighted by Crippen LogP contribution is 2.38. The number of methoxy groups -OCH3 is 1. The third-order valence-corrected chi connectivity index (χ3v) is 3.83. The van der Waals surface area contributed by atoms with Crippen molar-refractivity contribution >= 4 is 28.3 Å². The summed E-state index contributed by atoms with van der Waals surface area (Å²) in [6.45, 7) is 3.94. The predicted octanol–water partition coefficient (Wildman–Crippen LogP) is 4.33. The lowest BCUT2D eigenvalue weighted by atomic mass is 10.1. The number of hydrogen-bond acceptors (Lipinski definition) is 5. The van der Waals surface area contributed by atoms with Gasteiger partial charge < -0.3 is 15.2 Å². The van der Waals surface area contributed by atoms with E-state index in [-0.39, 0.29) is 6.10 Å². The molecule has 124 valence electrons. The van der Waals surface area contributed by atoms with Gasteiger partial charge in [0.15, 0.2) is 0 Å². The van der Waals surface area contributed by atoms with Crippen molar-refractivity contribution in [3.63, 3.8) is 0 Å². The number of nitrogen functional groups attached to an aromatic ring is 1. The van der Waals surface area contributed by atoms with Gasteiger partial charge in [0.1, 0.15) is 22.3 Å². The third-order valence-electron chi connectivity index (χ3n) is 3.46. The van der Waals surface area contributed by atoms with E-state index in [0.29, 0.717) is 39.2 Å². The Bertz CT molecular complexity index is 897. The first kappa shape index (κ1) is 16.3. The zero-order valence-corrected chi connectivity index (χ0v) is 14.5. The number of fused-ring (bicyclic) bond motifs is 1. The molecule has 0 bridgehead atoms. The van der Waals surface area contributed by atoms with E-state index in [9.17, 15) is 0 Å². The van der Waals surface area contributed by atoms with Crippen LogP contribution >= 0.6 is 11.6 Å². The summed E-state index contributed by atoms with van der Waals surface area (Å²) >= 11 is 6.45. The van der Waals surface area contributed by atoms with Gasteiger partial charge in [0.05, 0.1) is 30.1 Å². The first-order chi connectivity index (χ1) is 11.5. The summed E-state index contributed by atoms with van der Waals surface area (Å²) in [6, 6.07) is 11.0. The molecule has 0 unspecified atom stereocenters. The number of rotatable bonds is 4. The minimum atomic E-state index is 0.0122. The van der Waals surface area contributed by atoms with Gasteiger partial charge in [-0.1, -0.05) is 17.7 Å². The van der Waals surface area contributed by atoms with E-state index in [1.54, 1.807) is 19.2 Å². The average molecular weight is 344 g/mol. The fraction of sp³-hybridized carbons (Fsp3) is 0.222. The van der Waals surface area contributed by atoms with E-state index >= 15 is 0 Å². The van der Waals surface area contributed by atoms with Crippen LogP contribution in [0.3, 0.4) is 0 Å². The van der Waals surface area contributed by atoms with Crippen molar-refractivity contribution in [2.45, 2.75) is 20.0 Å². The van der Waals surface area contributed by atoms with Gasteiger partial charge in [0.2, 0.25) is 0 Å². The maximum atomic E-state index is 6.45. The van der Waals surface area contributed by atoms with Crippen molar-refractivity contribution in [1.82, 2.24) is 9.97 Å². The molecule has 5 nitrogen and oxygen atoms in total. The second-order valence-corrected chi connectivity index (χ2v) is 5.98. The van der Waals surface area contributed by atoms with Gasteiger partial charge in [-0.3, -0.25) is 0 Å². The summed E-state index contributed by atoms with van der Waals surface area (Å²) in [5.74, 6) is 1.68. The van der Waals surface area contributed by atoms with Gasteiger partial charge >= 0.3 is 0 Å². The molecule has 2 aromatic heterocycles. The minimum absolute atomic E-state index is 0.0122. The molecule has 1 aromatic carbocycles. The predicted molar refractivity (Wildman–Crippen MR) is 96.7 cm³/mol. The van der Waals surface area contributed by atoms with E-state index in [2.05, 4.69) is 9.97 Å². The van der Waals surface area contributed by atoms with Gasteiger partial charge in [-0.2, -0.15) is 0 Å². The molecule has 6 heteroatoms. The summed E-state index contributed by atoms with van der Waals surface area (Å²) in [5, 5.41) is 1.26.